The fraction of sp³-hybridized carbons (Fsp3) is 0.310. The van der Waals surface area contributed by atoms with Crippen molar-refractivity contribution in [2.24, 2.45) is 0 Å². The van der Waals surface area contributed by atoms with Gasteiger partial charge in [-0.3, -0.25) is 13.9 Å². The predicted octanol–water partition coefficient (Wildman–Crippen LogP) is 4.80. The molecule has 0 aliphatic heterocycles. The highest BCUT2D eigenvalue weighted by Gasteiger charge is 2.32. The molecule has 10 heteroatoms. The van der Waals surface area contributed by atoms with E-state index in [1.54, 1.807) is 67.6 Å². The Bertz CT molecular complexity index is 1400. The van der Waals surface area contributed by atoms with Crippen molar-refractivity contribution in [3.8, 4) is 5.75 Å². The number of amides is 2. The summed E-state index contributed by atoms with van der Waals surface area (Å²) in [5, 5.41) is 3.25. The summed E-state index contributed by atoms with van der Waals surface area (Å²) in [6, 6.07) is 19.0. The maximum absolute atomic E-state index is 13.9. The molecule has 0 unspecified atom stereocenters. The lowest BCUT2D eigenvalue weighted by Gasteiger charge is -2.32. The topological polar surface area (TPSA) is 96.0 Å². The van der Waals surface area contributed by atoms with Crippen LogP contribution >= 0.6 is 11.6 Å². The number of ether oxygens (including phenoxy) is 1. The van der Waals surface area contributed by atoms with Crippen molar-refractivity contribution < 1.29 is 22.7 Å². The normalized spacial score (nSPS) is 11.9. The van der Waals surface area contributed by atoms with Crippen molar-refractivity contribution >= 4 is 39.1 Å². The van der Waals surface area contributed by atoms with Crippen LogP contribution in [0.5, 0.6) is 5.75 Å². The third-order valence-corrected chi connectivity index (χ3v) is 8.40. The molecule has 0 aromatic heterocycles. The zero-order valence-electron chi connectivity index (χ0n) is 22.6. The molecule has 0 heterocycles. The number of anilines is 1. The van der Waals surface area contributed by atoms with Gasteiger partial charge in [0, 0.05) is 24.2 Å². The number of aryl methyl sites for hydroxylation is 1. The molecule has 0 spiro atoms. The molecule has 0 aliphatic rings. The third kappa shape index (κ3) is 7.52. The first-order valence-electron chi connectivity index (χ1n) is 12.6. The summed E-state index contributed by atoms with van der Waals surface area (Å²) in [5.41, 5.74) is 1.79. The molecule has 0 saturated heterocycles. The summed E-state index contributed by atoms with van der Waals surface area (Å²) in [4.78, 5) is 28.2. The summed E-state index contributed by atoms with van der Waals surface area (Å²) >= 11 is 6.38. The molecule has 208 valence electrons. The molecule has 3 aromatic carbocycles. The summed E-state index contributed by atoms with van der Waals surface area (Å²) < 4.78 is 34.1. The van der Waals surface area contributed by atoms with E-state index in [-0.39, 0.29) is 23.0 Å². The SMILES string of the molecule is CCCNC(=O)[C@@H](C)N(Cc1ccccc1Cl)C(=O)CN(c1cccc(OC)c1)S(=O)(=O)c1ccc(C)cc1. The Morgan fingerprint density at radius 2 is 1.72 bits per heavy atom. The lowest BCUT2D eigenvalue weighted by molar-refractivity contribution is -0.139. The molecule has 3 rings (SSSR count). The Balaban J connectivity index is 2.05. The first kappa shape index (κ1) is 30.0. The third-order valence-electron chi connectivity index (χ3n) is 6.24. The minimum Gasteiger partial charge on any atom is -0.497 e. The van der Waals surface area contributed by atoms with Gasteiger partial charge in [0.15, 0.2) is 0 Å². The van der Waals surface area contributed by atoms with Crippen LogP contribution in [0.15, 0.2) is 77.7 Å². The number of nitrogens with zero attached hydrogens (tertiary/aromatic N) is 2. The Morgan fingerprint density at radius 3 is 2.36 bits per heavy atom. The molecule has 1 N–H and O–H groups in total. The van der Waals surface area contributed by atoms with Crippen LogP contribution in [0.2, 0.25) is 5.02 Å². The first-order chi connectivity index (χ1) is 18.6. The zero-order chi connectivity index (χ0) is 28.6. The largest absolute Gasteiger partial charge is 0.497 e. The van der Waals surface area contributed by atoms with E-state index in [1.165, 1.54) is 24.1 Å². The van der Waals surface area contributed by atoms with Crippen molar-refractivity contribution in [3.05, 3.63) is 88.9 Å². The number of carbonyl (C=O) groups excluding carboxylic acids is 2. The number of nitrogens with one attached hydrogen (secondary N) is 1. The van der Waals surface area contributed by atoms with Crippen LogP contribution in [-0.2, 0) is 26.2 Å². The standard InChI is InChI=1S/C29H34ClN3O5S/c1-5-17-31-29(35)22(3)32(19-23-9-6-7-12-27(23)30)28(34)20-33(24-10-8-11-25(18-24)38-4)39(36,37)26-15-13-21(2)14-16-26/h6-16,18,22H,5,17,19-20H2,1-4H3,(H,31,35)/t22-/m1/s1. The molecule has 1 atom stereocenters. The van der Waals surface area contributed by atoms with Gasteiger partial charge in [-0.25, -0.2) is 8.42 Å². The molecule has 0 aliphatic carbocycles. The Morgan fingerprint density at radius 1 is 1.03 bits per heavy atom. The van der Waals surface area contributed by atoms with E-state index < -0.39 is 28.5 Å². The molecule has 8 nitrogen and oxygen atoms in total. The van der Waals surface area contributed by atoms with Crippen LogP contribution in [-0.4, -0.2) is 51.4 Å². The highest BCUT2D eigenvalue weighted by Crippen LogP contribution is 2.28. The number of halogens is 1. The van der Waals surface area contributed by atoms with Gasteiger partial charge in [0.25, 0.3) is 10.0 Å². The van der Waals surface area contributed by atoms with Gasteiger partial charge in [-0.2, -0.15) is 0 Å². The summed E-state index contributed by atoms with van der Waals surface area (Å²) in [6.07, 6.45) is 0.731. The van der Waals surface area contributed by atoms with Crippen LogP contribution in [0.25, 0.3) is 0 Å². The predicted molar refractivity (Wildman–Crippen MR) is 153 cm³/mol. The molecule has 3 aromatic rings. The second-order valence-electron chi connectivity index (χ2n) is 9.11. The van der Waals surface area contributed by atoms with Crippen LogP contribution in [0.1, 0.15) is 31.4 Å². The quantitative estimate of drug-likeness (QED) is 0.337. The molecule has 0 bridgehead atoms. The maximum Gasteiger partial charge on any atom is 0.264 e. The van der Waals surface area contributed by atoms with E-state index >= 15 is 0 Å². The molecule has 39 heavy (non-hydrogen) atoms. The van der Waals surface area contributed by atoms with E-state index in [0.29, 0.717) is 22.9 Å². The van der Waals surface area contributed by atoms with Crippen LogP contribution < -0.4 is 14.4 Å². The lowest BCUT2D eigenvalue weighted by Crippen LogP contribution is -2.51. The van der Waals surface area contributed by atoms with Crippen molar-refractivity contribution in [1.82, 2.24) is 10.2 Å². The Hall–Kier alpha value is -3.56. The van der Waals surface area contributed by atoms with Gasteiger partial charge < -0.3 is 15.0 Å². The first-order valence-corrected chi connectivity index (χ1v) is 14.4. The van der Waals surface area contributed by atoms with E-state index in [1.807, 2.05) is 13.8 Å². The molecular formula is C29H34ClN3O5S. The second-order valence-corrected chi connectivity index (χ2v) is 11.4. The maximum atomic E-state index is 13.9. The van der Waals surface area contributed by atoms with Gasteiger partial charge in [-0.05, 0) is 56.2 Å². The summed E-state index contributed by atoms with van der Waals surface area (Å²) in [7, 11) is -2.68. The second kappa shape index (κ2) is 13.5. The Kier molecular flexibility index (Phi) is 10.4. The van der Waals surface area contributed by atoms with Gasteiger partial charge in [0.2, 0.25) is 11.8 Å². The number of methoxy groups -OCH3 is 1. The van der Waals surface area contributed by atoms with Crippen molar-refractivity contribution in [2.75, 3.05) is 24.5 Å². The monoisotopic (exact) mass is 571 g/mol. The average molecular weight is 572 g/mol. The molecule has 0 saturated carbocycles. The average Bonchev–Trinajstić information content (AvgIpc) is 2.93. The lowest BCUT2D eigenvalue weighted by atomic mass is 10.1. The van der Waals surface area contributed by atoms with Crippen molar-refractivity contribution in [2.45, 2.75) is 44.7 Å². The van der Waals surface area contributed by atoms with Crippen molar-refractivity contribution in [1.29, 1.82) is 0 Å². The zero-order valence-corrected chi connectivity index (χ0v) is 24.1. The van der Waals surface area contributed by atoms with Gasteiger partial charge in [-0.1, -0.05) is 60.5 Å². The molecule has 2 amide bonds. The summed E-state index contributed by atoms with van der Waals surface area (Å²) in [5.74, 6) is -0.469. The summed E-state index contributed by atoms with van der Waals surface area (Å²) in [6.45, 7) is 5.34. The van der Waals surface area contributed by atoms with Gasteiger partial charge in [0.05, 0.1) is 17.7 Å². The number of carbonyl (C=O) groups is 2. The number of rotatable bonds is 12. The fourth-order valence-electron chi connectivity index (χ4n) is 3.92. The fourth-order valence-corrected chi connectivity index (χ4v) is 5.52. The van der Waals surface area contributed by atoms with Gasteiger partial charge >= 0.3 is 0 Å². The van der Waals surface area contributed by atoms with Crippen LogP contribution in [0.4, 0.5) is 5.69 Å². The van der Waals surface area contributed by atoms with Crippen LogP contribution in [0.3, 0.4) is 0 Å². The molecule has 0 fully saturated rings. The highest BCUT2D eigenvalue weighted by molar-refractivity contribution is 7.92. The number of hydrogen-bond acceptors (Lipinski definition) is 5. The highest BCUT2D eigenvalue weighted by atomic mass is 35.5. The van der Waals surface area contributed by atoms with E-state index in [4.69, 9.17) is 16.3 Å². The smallest absolute Gasteiger partial charge is 0.264 e. The van der Waals surface area contributed by atoms with Gasteiger partial charge in [-0.15, -0.1) is 0 Å². The molecular weight excluding hydrogens is 538 g/mol. The van der Waals surface area contributed by atoms with Crippen LogP contribution in [0, 0.1) is 6.92 Å². The number of benzene rings is 3. The van der Waals surface area contributed by atoms with E-state index in [9.17, 15) is 18.0 Å². The van der Waals surface area contributed by atoms with Gasteiger partial charge in [0.1, 0.15) is 18.3 Å². The van der Waals surface area contributed by atoms with E-state index in [0.717, 1.165) is 16.3 Å². The minimum atomic E-state index is -4.16. The number of sulfonamides is 1. The van der Waals surface area contributed by atoms with E-state index in [2.05, 4.69) is 5.32 Å². The molecule has 0 radical (unpaired) electrons. The number of hydrogen-bond donors (Lipinski definition) is 1. The Labute approximate surface area is 235 Å². The minimum absolute atomic E-state index is 0.0236. The van der Waals surface area contributed by atoms with Crippen molar-refractivity contribution in [3.63, 3.8) is 0 Å².